The smallest absolute Gasteiger partial charge is 0.142 e. The number of hydrogen-bond donors (Lipinski definition) is 1. The molecule has 0 spiro atoms. The molecule has 1 aromatic heterocycles. The highest BCUT2D eigenvalue weighted by molar-refractivity contribution is 9.10. The first-order valence-electron chi connectivity index (χ1n) is 7.64. The van der Waals surface area contributed by atoms with Crippen LogP contribution >= 0.6 is 15.9 Å². The Kier molecular flexibility index (Phi) is 4.56. The zero-order chi connectivity index (χ0) is 18.1. The first kappa shape index (κ1) is 17.1. The molecule has 5 heteroatoms. The largest absolute Gasteiger partial charge is 0.383 e. The van der Waals surface area contributed by atoms with Crippen molar-refractivity contribution in [1.29, 1.82) is 5.26 Å². The van der Waals surface area contributed by atoms with Gasteiger partial charge in [0.15, 0.2) is 0 Å². The number of hydrogen-bond acceptors (Lipinski definition) is 3. The topological polar surface area (TPSA) is 62.7 Å². The molecule has 0 aliphatic heterocycles. The highest BCUT2D eigenvalue weighted by Crippen LogP contribution is 2.34. The van der Waals surface area contributed by atoms with E-state index in [1.165, 1.54) is 6.07 Å². The number of pyridine rings is 1. The molecule has 124 valence electrons. The first-order chi connectivity index (χ1) is 11.9. The van der Waals surface area contributed by atoms with Crippen LogP contribution in [0.15, 0.2) is 46.9 Å². The maximum absolute atomic E-state index is 14.4. The van der Waals surface area contributed by atoms with Crippen molar-refractivity contribution in [2.45, 2.75) is 13.8 Å². The molecule has 3 rings (SSSR count). The van der Waals surface area contributed by atoms with Crippen LogP contribution in [-0.4, -0.2) is 4.98 Å². The molecule has 0 aliphatic rings. The lowest BCUT2D eigenvalue weighted by Gasteiger charge is -2.13. The molecule has 2 aromatic carbocycles. The summed E-state index contributed by atoms with van der Waals surface area (Å²) in [5, 5.41) is 9.46. The van der Waals surface area contributed by atoms with E-state index in [9.17, 15) is 9.65 Å². The Bertz CT molecular complexity index is 1020. The molecule has 0 fully saturated rings. The van der Waals surface area contributed by atoms with Gasteiger partial charge >= 0.3 is 0 Å². The van der Waals surface area contributed by atoms with Crippen molar-refractivity contribution in [1.82, 2.24) is 4.98 Å². The number of nitrogens with zero attached hydrogens (tertiary/aromatic N) is 2. The maximum Gasteiger partial charge on any atom is 0.142 e. The second-order valence-electron chi connectivity index (χ2n) is 5.87. The van der Waals surface area contributed by atoms with Gasteiger partial charge in [-0.3, -0.25) is 0 Å². The third-order valence-corrected chi connectivity index (χ3v) is 4.53. The SMILES string of the molecule is Cc1ccc(-c2cc(-c3ccc(Br)cc3F)c(C#N)c(N)n2)c(C)c1. The van der Waals surface area contributed by atoms with Crippen LogP contribution in [0.2, 0.25) is 0 Å². The molecule has 0 unspecified atom stereocenters. The molecule has 3 aromatic rings. The fraction of sp³-hybridized carbons (Fsp3) is 0.100. The van der Waals surface area contributed by atoms with Crippen LogP contribution in [0.25, 0.3) is 22.4 Å². The second-order valence-corrected chi connectivity index (χ2v) is 6.79. The van der Waals surface area contributed by atoms with E-state index in [4.69, 9.17) is 5.73 Å². The van der Waals surface area contributed by atoms with Gasteiger partial charge in [0.25, 0.3) is 0 Å². The van der Waals surface area contributed by atoms with E-state index in [0.29, 0.717) is 21.3 Å². The van der Waals surface area contributed by atoms with Crippen LogP contribution < -0.4 is 5.73 Å². The Balaban J connectivity index is 2.28. The maximum atomic E-state index is 14.4. The molecule has 0 aliphatic carbocycles. The zero-order valence-electron chi connectivity index (χ0n) is 13.8. The average molecular weight is 396 g/mol. The lowest BCUT2D eigenvalue weighted by atomic mass is 9.96. The molecule has 0 amide bonds. The quantitative estimate of drug-likeness (QED) is 0.632. The summed E-state index contributed by atoms with van der Waals surface area (Å²) in [6, 6.07) is 14.5. The monoisotopic (exact) mass is 395 g/mol. The van der Waals surface area contributed by atoms with Crippen molar-refractivity contribution in [2.24, 2.45) is 0 Å². The van der Waals surface area contributed by atoms with E-state index in [2.05, 4.69) is 20.9 Å². The molecule has 1 heterocycles. The molecular weight excluding hydrogens is 381 g/mol. The third kappa shape index (κ3) is 3.26. The Labute approximate surface area is 154 Å². The van der Waals surface area contributed by atoms with Crippen LogP contribution in [0, 0.1) is 31.0 Å². The van der Waals surface area contributed by atoms with Crippen molar-refractivity contribution in [3.05, 3.63) is 69.4 Å². The number of aromatic nitrogens is 1. The number of rotatable bonds is 2. The van der Waals surface area contributed by atoms with Gasteiger partial charge < -0.3 is 5.73 Å². The van der Waals surface area contributed by atoms with Crippen LogP contribution in [0.5, 0.6) is 0 Å². The number of anilines is 1. The fourth-order valence-corrected chi connectivity index (χ4v) is 3.17. The minimum Gasteiger partial charge on any atom is -0.383 e. The van der Waals surface area contributed by atoms with Crippen molar-refractivity contribution in [3.63, 3.8) is 0 Å². The van der Waals surface area contributed by atoms with E-state index in [1.807, 2.05) is 38.1 Å². The highest BCUT2D eigenvalue weighted by Gasteiger charge is 2.17. The summed E-state index contributed by atoms with van der Waals surface area (Å²) in [5.74, 6) is -0.333. The molecule has 25 heavy (non-hydrogen) atoms. The molecule has 0 saturated heterocycles. The van der Waals surface area contributed by atoms with E-state index in [1.54, 1.807) is 18.2 Å². The van der Waals surface area contributed by atoms with Crippen LogP contribution in [0.4, 0.5) is 10.2 Å². The Hall–Kier alpha value is -2.71. The van der Waals surface area contributed by atoms with E-state index < -0.39 is 5.82 Å². The molecular formula is C20H15BrFN3. The zero-order valence-corrected chi connectivity index (χ0v) is 15.4. The molecule has 0 bridgehead atoms. The van der Waals surface area contributed by atoms with Crippen LogP contribution in [0.3, 0.4) is 0 Å². The third-order valence-electron chi connectivity index (χ3n) is 4.04. The number of halogens is 2. The predicted molar refractivity (Wildman–Crippen MR) is 101 cm³/mol. The molecule has 0 saturated carbocycles. The normalized spacial score (nSPS) is 10.5. The van der Waals surface area contributed by atoms with Gasteiger partial charge in [-0.05, 0) is 37.6 Å². The van der Waals surface area contributed by atoms with E-state index in [-0.39, 0.29) is 11.4 Å². The summed E-state index contributed by atoms with van der Waals surface area (Å²) in [6.07, 6.45) is 0. The minimum absolute atomic E-state index is 0.0947. The van der Waals surface area contributed by atoms with Crippen molar-refractivity contribution in [3.8, 4) is 28.5 Å². The van der Waals surface area contributed by atoms with Gasteiger partial charge in [0.2, 0.25) is 0 Å². The highest BCUT2D eigenvalue weighted by atomic mass is 79.9. The lowest BCUT2D eigenvalue weighted by Crippen LogP contribution is -2.01. The van der Waals surface area contributed by atoms with E-state index in [0.717, 1.165) is 16.7 Å². The summed E-state index contributed by atoms with van der Waals surface area (Å²) in [6.45, 7) is 4.00. The second kappa shape index (κ2) is 6.66. The van der Waals surface area contributed by atoms with Crippen LogP contribution in [-0.2, 0) is 0 Å². The minimum atomic E-state index is -0.428. The summed E-state index contributed by atoms with van der Waals surface area (Å²) >= 11 is 3.24. The average Bonchev–Trinajstić information content (AvgIpc) is 2.54. The predicted octanol–water partition coefficient (Wildman–Crippen LogP) is 5.39. The molecule has 3 nitrogen and oxygen atoms in total. The summed E-state index contributed by atoms with van der Waals surface area (Å²) in [5.41, 5.74) is 10.6. The van der Waals surface area contributed by atoms with Crippen molar-refractivity contribution >= 4 is 21.7 Å². The van der Waals surface area contributed by atoms with Gasteiger partial charge in [-0.15, -0.1) is 0 Å². The van der Waals surface area contributed by atoms with Crippen LogP contribution in [0.1, 0.15) is 16.7 Å². The Morgan fingerprint density at radius 2 is 1.76 bits per heavy atom. The Morgan fingerprint density at radius 1 is 1.04 bits per heavy atom. The van der Waals surface area contributed by atoms with Gasteiger partial charge in [0.05, 0.1) is 5.69 Å². The Morgan fingerprint density at radius 3 is 2.40 bits per heavy atom. The standard InChI is InChI=1S/C20H15BrFN3/c1-11-3-5-14(12(2)7-11)19-9-16(17(10-23)20(24)25-19)15-6-4-13(21)8-18(15)22/h3-9H,1-2H3,(H2,24,25). The van der Waals surface area contributed by atoms with Gasteiger partial charge in [-0.25, -0.2) is 9.37 Å². The number of benzene rings is 2. The van der Waals surface area contributed by atoms with Gasteiger partial charge in [0, 0.05) is 21.2 Å². The van der Waals surface area contributed by atoms with E-state index >= 15 is 0 Å². The molecule has 0 atom stereocenters. The first-order valence-corrected chi connectivity index (χ1v) is 8.43. The van der Waals surface area contributed by atoms with Gasteiger partial charge in [-0.1, -0.05) is 45.8 Å². The number of aryl methyl sites for hydroxylation is 2. The molecule has 2 N–H and O–H groups in total. The fourth-order valence-electron chi connectivity index (χ4n) is 2.84. The van der Waals surface area contributed by atoms with Gasteiger partial charge in [-0.2, -0.15) is 5.26 Å². The number of nitrogens with two attached hydrogens (primary N) is 1. The lowest BCUT2D eigenvalue weighted by molar-refractivity contribution is 0.630. The summed E-state index contributed by atoms with van der Waals surface area (Å²) in [4.78, 5) is 4.36. The summed E-state index contributed by atoms with van der Waals surface area (Å²) < 4.78 is 15.1. The van der Waals surface area contributed by atoms with Crippen molar-refractivity contribution in [2.75, 3.05) is 5.73 Å². The summed E-state index contributed by atoms with van der Waals surface area (Å²) in [7, 11) is 0. The number of nitriles is 1. The van der Waals surface area contributed by atoms with Gasteiger partial charge in [0.1, 0.15) is 23.3 Å². The van der Waals surface area contributed by atoms with Crippen molar-refractivity contribution < 1.29 is 4.39 Å². The number of nitrogen functional groups attached to an aromatic ring is 1. The molecule has 0 radical (unpaired) electrons.